The molecule has 4 heterocycles. The normalized spacial score (nSPS) is 15.5. The third-order valence-corrected chi connectivity index (χ3v) is 5.33. The van der Waals surface area contributed by atoms with Crippen LogP contribution >= 0.6 is 11.3 Å². The van der Waals surface area contributed by atoms with Crippen molar-refractivity contribution in [3.05, 3.63) is 40.5 Å². The molecule has 0 N–H and O–H groups in total. The molecule has 132 valence electrons. The molecular formula is C18H23N5OS. The van der Waals surface area contributed by atoms with Crippen molar-refractivity contribution in [2.45, 2.75) is 45.7 Å². The molecule has 6 nitrogen and oxygen atoms in total. The van der Waals surface area contributed by atoms with Gasteiger partial charge >= 0.3 is 0 Å². The van der Waals surface area contributed by atoms with E-state index in [0.717, 1.165) is 48.4 Å². The van der Waals surface area contributed by atoms with E-state index < -0.39 is 0 Å². The van der Waals surface area contributed by atoms with Crippen molar-refractivity contribution in [1.82, 2.24) is 24.3 Å². The highest BCUT2D eigenvalue weighted by molar-refractivity contribution is 7.15. The maximum absolute atomic E-state index is 5.48. The largest absolute Gasteiger partial charge is 0.480 e. The Hall–Kier alpha value is -1.99. The number of imidazole rings is 1. The van der Waals surface area contributed by atoms with Crippen molar-refractivity contribution >= 4 is 16.3 Å². The monoisotopic (exact) mass is 357 g/mol. The smallest absolute Gasteiger partial charge is 0.237 e. The second-order valence-electron chi connectivity index (χ2n) is 7.50. The number of thiazole rings is 1. The fourth-order valence-corrected chi connectivity index (χ4v) is 3.93. The van der Waals surface area contributed by atoms with Gasteiger partial charge in [-0.3, -0.25) is 9.30 Å². The molecule has 0 unspecified atom stereocenters. The third kappa shape index (κ3) is 3.02. The van der Waals surface area contributed by atoms with E-state index in [1.54, 1.807) is 18.4 Å². The summed E-state index contributed by atoms with van der Waals surface area (Å²) < 4.78 is 7.60. The van der Waals surface area contributed by atoms with Gasteiger partial charge in [-0.2, -0.15) is 4.98 Å². The Balaban J connectivity index is 1.57. The Labute approximate surface area is 151 Å². The van der Waals surface area contributed by atoms with Crippen LogP contribution in [0.25, 0.3) is 4.96 Å². The van der Waals surface area contributed by atoms with Crippen LogP contribution in [0.5, 0.6) is 5.88 Å². The van der Waals surface area contributed by atoms with Crippen molar-refractivity contribution in [1.29, 1.82) is 0 Å². The Morgan fingerprint density at radius 2 is 2.12 bits per heavy atom. The van der Waals surface area contributed by atoms with E-state index in [-0.39, 0.29) is 5.41 Å². The highest BCUT2D eigenvalue weighted by atomic mass is 32.1. The summed E-state index contributed by atoms with van der Waals surface area (Å²) in [6.45, 7) is 9.11. The molecule has 0 saturated carbocycles. The number of fused-ring (bicyclic) bond motifs is 2. The average molecular weight is 357 g/mol. The summed E-state index contributed by atoms with van der Waals surface area (Å²) >= 11 is 1.63. The van der Waals surface area contributed by atoms with Gasteiger partial charge < -0.3 is 4.74 Å². The molecule has 0 aromatic carbocycles. The molecule has 0 aliphatic carbocycles. The summed E-state index contributed by atoms with van der Waals surface area (Å²) in [4.78, 5) is 17.3. The summed E-state index contributed by atoms with van der Waals surface area (Å²) in [6.07, 6.45) is 5.01. The Bertz CT molecular complexity index is 908. The molecule has 1 aliphatic heterocycles. The number of ether oxygens (including phenoxy) is 1. The van der Waals surface area contributed by atoms with Gasteiger partial charge in [0.15, 0.2) is 4.96 Å². The predicted octanol–water partition coefficient (Wildman–Crippen LogP) is 3.05. The Morgan fingerprint density at radius 3 is 2.88 bits per heavy atom. The first-order valence-electron chi connectivity index (χ1n) is 8.52. The van der Waals surface area contributed by atoms with E-state index in [0.29, 0.717) is 0 Å². The van der Waals surface area contributed by atoms with Gasteiger partial charge in [0, 0.05) is 60.5 Å². The molecule has 4 rings (SSSR count). The number of hydrogen-bond acceptors (Lipinski definition) is 6. The fraction of sp³-hybridized carbons (Fsp3) is 0.500. The molecule has 0 atom stereocenters. The Kier molecular flexibility index (Phi) is 4.00. The molecule has 3 aromatic rings. The number of aromatic nitrogens is 4. The van der Waals surface area contributed by atoms with E-state index in [4.69, 9.17) is 9.72 Å². The lowest BCUT2D eigenvalue weighted by Gasteiger charge is -2.29. The quantitative estimate of drug-likeness (QED) is 0.721. The SMILES string of the molecule is COc1nc2sccn2c1CN1CCc2nc(C(C)(C)C)ncc2C1. The van der Waals surface area contributed by atoms with Gasteiger partial charge in [0.1, 0.15) is 11.5 Å². The lowest BCUT2D eigenvalue weighted by Crippen LogP contribution is -2.32. The predicted molar refractivity (Wildman–Crippen MR) is 98.2 cm³/mol. The van der Waals surface area contributed by atoms with Gasteiger partial charge in [0.05, 0.1) is 7.11 Å². The van der Waals surface area contributed by atoms with Crippen LogP contribution in [-0.2, 0) is 24.9 Å². The maximum Gasteiger partial charge on any atom is 0.237 e. The first kappa shape index (κ1) is 16.5. The highest BCUT2D eigenvalue weighted by Crippen LogP contribution is 2.27. The van der Waals surface area contributed by atoms with Crippen LogP contribution in [0.2, 0.25) is 0 Å². The summed E-state index contributed by atoms with van der Waals surface area (Å²) in [5, 5.41) is 2.05. The molecular weight excluding hydrogens is 334 g/mol. The second-order valence-corrected chi connectivity index (χ2v) is 8.37. The first-order chi connectivity index (χ1) is 12.0. The number of rotatable bonds is 3. The van der Waals surface area contributed by atoms with Crippen molar-refractivity contribution in [2.75, 3.05) is 13.7 Å². The molecule has 0 bridgehead atoms. The van der Waals surface area contributed by atoms with Gasteiger partial charge in [-0.25, -0.2) is 9.97 Å². The molecule has 1 aliphatic rings. The molecule has 0 fully saturated rings. The van der Waals surface area contributed by atoms with E-state index in [2.05, 4.69) is 51.6 Å². The summed E-state index contributed by atoms with van der Waals surface area (Å²) in [7, 11) is 1.68. The van der Waals surface area contributed by atoms with Crippen LogP contribution in [-0.4, -0.2) is 37.9 Å². The minimum atomic E-state index is -0.0122. The number of nitrogens with zero attached hydrogens (tertiary/aromatic N) is 5. The minimum Gasteiger partial charge on any atom is -0.480 e. The summed E-state index contributed by atoms with van der Waals surface area (Å²) in [6, 6.07) is 0. The van der Waals surface area contributed by atoms with Gasteiger partial charge in [-0.05, 0) is 0 Å². The van der Waals surface area contributed by atoms with Crippen LogP contribution in [0.1, 0.15) is 43.5 Å². The lowest BCUT2D eigenvalue weighted by molar-refractivity contribution is 0.234. The molecule has 3 aromatic heterocycles. The van der Waals surface area contributed by atoms with Crippen molar-refractivity contribution in [3.8, 4) is 5.88 Å². The first-order valence-corrected chi connectivity index (χ1v) is 9.39. The van der Waals surface area contributed by atoms with E-state index in [9.17, 15) is 0 Å². The molecule has 0 spiro atoms. The fourth-order valence-electron chi connectivity index (χ4n) is 3.20. The zero-order chi connectivity index (χ0) is 17.6. The molecule has 0 saturated heterocycles. The second kappa shape index (κ2) is 6.07. The third-order valence-electron chi connectivity index (χ3n) is 4.57. The van der Waals surface area contributed by atoms with E-state index in [1.165, 1.54) is 11.3 Å². The topological polar surface area (TPSA) is 55.6 Å². The van der Waals surface area contributed by atoms with Crippen LogP contribution in [0.4, 0.5) is 0 Å². The van der Waals surface area contributed by atoms with E-state index in [1.807, 2.05) is 6.20 Å². The lowest BCUT2D eigenvalue weighted by atomic mass is 9.95. The zero-order valence-electron chi connectivity index (χ0n) is 15.1. The maximum atomic E-state index is 5.48. The minimum absolute atomic E-state index is 0.0122. The number of methoxy groups -OCH3 is 1. The van der Waals surface area contributed by atoms with Gasteiger partial charge in [-0.1, -0.05) is 20.8 Å². The Morgan fingerprint density at radius 1 is 1.28 bits per heavy atom. The van der Waals surface area contributed by atoms with E-state index >= 15 is 0 Å². The standard InChI is InChI=1S/C18H23N5OS/c1-18(2,3)16-19-9-12-10-22(6-5-13(12)20-16)11-14-15(24-4)21-17-23(14)7-8-25-17/h7-9H,5-6,10-11H2,1-4H3. The molecule has 0 amide bonds. The summed E-state index contributed by atoms with van der Waals surface area (Å²) in [5.74, 6) is 1.65. The van der Waals surface area contributed by atoms with Crippen LogP contribution in [0, 0.1) is 0 Å². The average Bonchev–Trinajstić information content (AvgIpc) is 3.15. The van der Waals surface area contributed by atoms with Gasteiger partial charge in [-0.15, -0.1) is 11.3 Å². The van der Waals surface area contributed by atoms with Crippen LogP contribution in [0.3, 0.4) is 0 Å². The highest BCUT2D eigenvalue weighted by Gasteiger charge is 2.24. The molecule has 7 heteroatoms. The molecule has 0 radical (unpaired) electrons. The van der Waals surface area contributed by atoms with Crippen LogP contribution in [0.15, 0.2) is 17.8 Å². The van der Waals surface area contributed by atoms with Crippen molar-refractivity contribution in [3.63, 3.8) is 0 Å². The molecule has 25 heavy (non-hydrogen) atoms. The van der Waals surface area contributed by atoms with Crippen LogP contribution < -0.4 is 4.74 Å². The number of hydrogen-bond donors (Lipinski definition) is 0. The van der Waals surface area contributed by atoms with Gasteiger partial charge in [0.2, 0.25) is 5.88 Å². The zero-order valence-corrected chi connectivity index (χ0v) is 15.9. The van der Waals surface area contributed by atoms with Gasteiger partial charge in [0.25, 0.3) is 0 Å². The van der Waals surface area contributed by atoms with Crippen molar-refractivity contribution in [2.24, 2.45) is 0 Å². The summed E-state index contributed by atoms with van der Waals surface area (Å²) in [5.41, 5.74) is 3.51. The van der Waals surface area contributed by atoms with Crippen molar-refractivity contribution < 1.29 is 4.74 Å².